The van der Waals surface area contributed by atoms with Crippen molar-refractivity contribution in [3.8, 4) is 5.75 Å². The van der Waals surface area contributed by atoms with Crippen molar-refractivity contribution in [2.24, 2.45) is 5.73 Å². The van der Waals surface area contributed by atoms with E-state index < -0.39 is 0 Å². The molecule has 0 aliphatic heterocycles. The van der Waals surface area contributed by atoms with E-state index >= 15 is 0 Å². The van der Waals surface area contributed by atoms with Crippen molar-refractivity contribution in [3.05, 3.63) is 47.5 Å². The zero-order valence-electron chi connectivity index (χ0n) is 10.6. The fraction of sp³-hybridized carbons (Fsp3) is 0.231. The van der Waals surface area contributed by atoms with Crippen LogP contribution in [0.5, 0.6) is 5.75 Å². The molecule has 3 N–H and O–H groups in total. The lowest BCUT2D eigenvalue weighted by atomic mass is 10.2. The van der Waals surface area contributed by atoms with Crippen LogP contribution in [0.4, 0.5) is 0 Å². The number of nitrogens with zero attached hydrogens (tertiary/aromatic N) is 3. The second-order valence-electron chi connectivity index (χ2n) is 4.38. The predicted octanol–water partition coefficient (Wildman–Crippen LogP) is 1.40. The Balaban J connectivity index is 1.71. The molecule has 0 aliphatic carbocycles. The van der Waals surface area contributed by atoms with Gasteiger partial charge in [-0.1, -0.05) is 17.7 Å². The number of fused-ring (bicyclic) bond motifs is 1. The van der Waals surface area contributed by atoms with E-state index in [4.69, 9.17) is 10.5 Å². The van der Waals surface area contributed by atoms with Gasteiger partial charge in [0.05, 0.1) is 11.9 Å². The SMILES string of the molecule is Cc1ccc(OCc2nc3nc(CN)cn3[nH]2)cc1. The van der Waals surface area contributed by atoms with E-state index in [-0.39, 0.29) is 0 Å². The van der Waals surface area contributed by atoms with Gasteiger partial charge in [-0.15, -0.1) is 0 Å². The number of H-pyrrole nitrogens is 1. The number of imidazole rings is 1. The van der Waals surface area contributed by atoms with Crippen LogP contribution in [0, 0.1) is 6.92 Å². The Morgan fingerprint density at radius 3 is 2.74 bits per heavy atom. The zero-order chi connectivity index (χ0) is 13.2. The lowest BCUT2D eigenvalue weighted by Crippen LogP contribution is -1.99. The Hall–Kier alpha value is -2.34. The Labute approximate surface area is 110 Å². The molecule has 6 heteroatoms. The van der Waals surface area contributed by atoms with Gasteiger partial charge in [-0.05, 0) is 19.1 Å². The summed E-state index contributed by atoms with van der Waals surface area (Å²) >= 11 is 0. The van der Waals surface area contributed by atoms with Gasteiger partial charge in [-0.3, -0.25) is 5.10 Å². The molecule has 0 saturated carbocycles. The molecule has 0 spiro atoms. The fourth-order valence-corrected chi connectivity index (χ4v) is 1.81. The number of hydrogen-bond acceptors (Lipinski definition) is 4. The molecule has 0 aliphatic rings. The van der Waals surface area contributed by atoms with Crippen LogP contribution in [0.2, 0.25) is 0 Å². The first-order valence-electron chi connectivity index (χ1n) is 6.07. The molecule has 98 valence electrons. The molecule has 3 aromatic rings. The summed E-state index contributed by atoms with van der Waals surface area (Å²) < 4.78 is 7.39. The monoisotopic (exact) mass is 257 g/mol. The molecule has 0 bridgehead atoms. The maximum Gasteiger partial charge on any atom is 0.251 e. The highest BCUT2D eigenvalue weighted by Crippen LogP contribution is 2.13. The third kappa shape index (κ3) is 2.43. The maximum atomic E-state index is 5.64. The summed E-state index contributed by atoms with van der Waals surface area (Å²) in [5.74, 6) is 2.16. The standard InChI is InChI=1S/C13H15N5O/c1-9-2-4-11(5-3-9)19-8-12-16-13-15-10(6-14)7-18(13)17-12/h2-5,7H,6,8,14H2,1H3,(H,15,16,17). The topological polar surface area (TPSA) is 81.2 Å². The number of ether oxygens (including phenoxy) is 1. The van der Waals surface area contributed by atoms with Gasteiger partial charge in [-0.2, -0.15) is 4.98 Å². The Morgan fingerprint density at radius 1 is 1.26 bits per heavy atom. The summed E-state index contributed by atoms with van der Waals surface area (Å²) in [6, 6.07) is 7.90. The van der Waals surface area contributed by atoms with E-state index in [0.29, 0.717) is 18.9 Å². The highest BCUT2D eigenvalue weighted by atomic mass is 16.5. The predicted molar refractivity (Wildman–Crippen MR) is 70.7 cm³/mol. The summed E-state index contributed by atoms with van der Waals surface area (Å²) in [5, 5.41) is 3.09. The van der Waals surface area contributed by atoms with Crippen molar-refractivity contribution in [2.45, 2.75) is 20.1 Å². The Kier molecular flexibility index (Phi) is 2.92. The van der Waals surface area contributed by atoms with Gasteiger partial charge in [0.2, 0.25) is 0 Å². The van der Waals surface area contributed by atoms with Gasteiger partial charge in [0.15, 0.2) is 5.82 Å². The van der Waals surface area contributed by atoms with Crippen LogP contribution in [0.25, 0.3) is 5.78 Å². The van der Waals surface area contributed by atoms with Crippen LogP contribution < -0.4 is 10.5 Å². The molecule has 0 amide bonds. The Morgan fingerprint density at radius 2 is 2.05 bits per heavy atom. The number of aryl methyl sites for hydroxylation is 1. The molecule has 0 saturated heterocycles. The van der Waals surface area contributed by atoms with Crippen LogP contribution >= 0.6 is 0 Å². The van der Waals surface area contributed by atoms with E-state index in [1.165, 1.54) is 5.56 Å². The molecular formula is C13H15N5O. The van der Waals surface area contributed by atoms with Crippen LogP contribution in [0.3, 0.4) is 0 Å². The normalized spacial score (nSPS) is 11.1. The average Bonchev–Trinajstić information content (AvgIpc) is 2.95. The van der Waals surface area contributed by atoms with Crippen LogP contribution in [0.1, 0.15) is 17.1 Å². The number of benzene rings is 1. The minimum atomic E-state index is 0.379. The number of aromatic nitrogens is 4. The molecule has 0 radical (unpaired) electrons. The van der Waals surface area contributed by atoms with Crippen LogP contribution in [0.15, 0.2) is 30.5 Å². The highest BCUT2D eigenvalue weighted by Gasteiger charge is 2.06. The molecule has 3 rings (SSSR count). The lowest BCUT2D eigenvalue weighted by Gasteiger charge is -2.03. The van der Waals surface area contributed by atoms with E-state index in [2.05, 4.69) is 15.1 Å². The molecule has 0 atom stereocenters. The molecule has 2 aromatic heterocycles. The molecular weight excluding hydrogens is 242 g/mol. The minimum Gasteiger partial charge on any atom is -0.486 e. The van der Waals surface area contributed by atoms with E-state index in [9.17, 15) is 0 Å². The smallest absolute Gasteiger partial charge is 0.251 e. The van der Waals surface area contributed by atoms with Crippen LogP contribution in [-0.2, 0) is 13.2 Å². The summed E-state index contributed by atoms with van der Waals surface area (Å²) in [7, 11) is 0. The van der Waals surface area contributed by atoms with Gasteiger partial charge in [-0.25, -0.2) is 9.50 Å². The van der Waals surface area contributed by atoms with Gasteiger partial charge in [0.1, 0.15) is 12.4 Å². The van der Waals surface area contributed by atoms with E-state index in [1.807, 2.05) is 37.4 Å². The van der Waals surface area contributed by atoms with Crippen LogP contribution in [-0.4, -0.2) is 19.6 Å². The quantitative estimate of drug-likeness (QED) is 0.740. The first kappa shape index (κ1) is 11.7. The third-order valence-corrected chi connectivity index (χ3v) is 2.83. The summed E-state index contributed by atoms with van der Waals surface area (Å²) in [6.45, 7) is 2.83. The van der Waals surface area contributed by atoms with Crippen molar-refractivity contribution >= 4 is 5.78 Å². The van der Waals surface area contributed by atoms with Crippen molar-refractivity contribution in [1.82, 2.24) is 19.6 Å². The van der Waals surface area contributed by atoms with Gasteiger partial charge < -0.3 is 10.5 Å². The van der Waals surface area contributed by atoms with Crippen molar-refractivity contribution in [1.29, 1.82) is 0 Å². The molecule has 0 fully saturated rings. The second kappa shape index (κ2) is 4.74. The number of rotatable bonds is 4. The summed E-state index contributed by atoms with van der Waals surface area (Å²) in [6.07, 6.45) is 1.83. The van der Waals surface area contributed by atoms with Crippen molar-refractivity contribution < 1.29 is 4.74 Å². The average molecular weight is 257 g/mol. The zero-order valence-corrected chi connectivity index (χ0v) is 10.6. The van der Waals surface area contributed by atoms with E-state index in [1.54, 1.807) is 4.52 Å². The highest BCUT2D eigenvalue weighted by molar-refractivity contribution is 5.30. The molecule has 0 unspecified atom stereocenters. The first-order valence-corrected chi connectivity index (χ1v) is 6.07. The molecule has 1 aromatic carbocycles. The molecule has 2 heterocycles. The van der Waals surface area contributed by atoms with Crippen molar-refractivity contribution in [3.63, 3.8) is 0 Å². The number of nitrogens with one attached hydrogen (secondary N) is 1. The Bertz CT molecular complexity index is 651. The largest absolute Gasteiger partial charge is 0.486 e. The summed E-state index contributed by atoms with van der Waals surface area (Å²) in [5.41, 5.74) is 7.53. The minimum absolute atomic E-state index is 0.379. The number of hydrogen-bond donors (Lipinski definition) is 2. The molecule has 6 nitrogen and oxygen atoms in total. The summed E-state index contributed by atoms with van der Waals surface area (Å²) in [4.78, 5) is 8.59. The van der Waals surface area contributed by atoms with E-state index in [0.717, 1.165) is 17.3 Å². The van der Waals surface area contributed by atoms with Gasteiger partial charge in [0.25, 0.3) is 5.78 Å². The first-order chi connectivity index (χ1) is 9.24. The third-order valence-electron chi connectivity index (χ3n) is 2.83. The van der Waals surface area contributed by atoms with Gasteiger partial charge in [0, 0.05) is 6.54 Å². The number of aromatic amines is 1. The molecule has 19 heavy (non-hydrogen) atoms. The number of nitrogens with two attached hydrogens (primary N) is 1. The van der Waals surface area contributed by atoms with Crippen molar-refractivity contribution in [2.75, 3.05) is 0 Å². The lowest BCUT2D eigenvalue weighted by molar-refractivity contribution is 0.296. The maximum absolute atomic E-state index is 5.64. The second-order valence-corrected chi connectivity index (χ2v) is 4.38. The fourth-order valence-electron chi connectivity index (χ4n) is 1.81. The van der Waals surface area contributed by atoms with Gasteiger partial charge >= 0.3 is 0 Å².